The summed E-state index contributed by atoms with van der Waals surface area (Å²) in [6.45, 7) is 2.89. The molecule has 0 bridgehead atoms. The predicted molar refractivity (Wildman–Crippen MR) is 74.4 cm³/mol. The first-order valence-electron chi connectivity index (χ1n) is 6.12. The molecule has 1 amide bonds. The van der Waals surface area contributed by atoms with Crippen molar-refractivity contribution in [2.75, 3.05) is 19.7 Å². The Balaban J connectivity index is 2.77. The van der Waals surface area contributed by atoms with Crippen LogP contribution in [0.4, 0.5) is 4.39 Å². The van der Waals surface area contributed by atoms with E-state index in [4.69, 9.17) is 16.7 Å². The van der Waals surface area contributed by atoms with Gasteiger partial charge in [0.05, 0.1) is 5.02 Å². The van der Waals surface area contributed by atoms with E-state index >= 15 is 0 Å². The average Bonchev–Trinajstić information content (AvgIpc) is 2.39. The Bertz CT molecular complexity index is 443. The van der Waals surface area contributed by atoms with Crippen molar-refractivity contribution < 1.29 is 14.3 Å². The van der Waals surface area contributed by atoms with Crippen LogP contribution in [-0.4, -0.2) is 35.6 Å². The number of aliphatic hydroxyl groups excluding tert-OH is 1. The molecule has 0 radical (unpaired) electrons. The normalized spacial score (nSPS) is 10.9. The van der Waals surface area contributed by atoms with Gasteiger partial charge in [0.25, 0.3) is 0 Å². The van der Waals surface area contributed by atoms with Gasteiger partial charge in [-0.25, -0.2) is 4.39 Å². The van der Waals surface area contributed by atoms with E-state index in [0.717, 1.165) is 0 Å². The topological polar surface area (TPSA) is 40.5 Å². The van der Waals surface area contributed by atoms with E-state index in [1.54, 1.807) is 11.0 Å². The minimum Gasteiger partial charge on any atom is -0.396 e. The summed E-state index contributed by atoms with van der Waals surface area (Å²) < 4.78 is 13.5. The number of carbonyl (C=O) groups excluding carboxylic acids is 1. The van der Waals surface area contributed by atoms with E-state index in [1.165, 1.54) is 24.3 Å². The maximum absolute atomic E-state index is 13.5. The molecular weight excluding hydrogens is 269 g/mol. The van der Waals surface area contributed by atoms with E-state index in [2.05, 4.69) is 0 Å². The number of likely N-dealkylation sites (N-methyl/N-ethyl adjacent to an activating group) is 1. The van der Waals surface area contributed by atoms with E-state index in [0.29, 0.717) is 19.5 Å². The molecule has 0 aromatic heterocycles. The van der Waals surface area contributed by atoms with Crippen LogP contribution in [0.3, 0.4) is 0 Å². The van der Waals surface area contributed by atoms with Crippen LogP contribution in [0.15, 0.2) is 24.3 Å². The molecule has 0 fully saturated rings. The maximum Gasteiger partial charge on any atom is 0.246 e. The zero-order chi connectivity index (χ0) is 14.3. The molecule has 0 spiro atoms. The van der Waals surface area contributed by atoms with Crippen molar-refractivity contribution in [3.63, 3.8) is 0 Å². The Morgan fingerprint density at radius 2 is 2.26 bits per heavy atom. The number of halogens is 2. The molecule has 0 unspecified atom stereocenters. The highest BCUT2D eigenvalue weighted by Crippen LogP contribution is 2.20. The lowest BCUT2D eigenvalue weighted by molar-refractivity contribution is -0.125. The van der Waals surface area contributed by atoms with Gasteiger partial charge in [-0.05, 0) is 31.6 Å². The zero-order valence-electron chi connectivity index (χ0n) is 10.8. The number of nitrogens with zero attached hydrogens (tertiary/aromatic N) is 1. The van der Waals surface area contributed by atoms with Crippen molar-refractivity contribution in [1.29, 1.82) is 0 Å². The van der Waals surface area contributed by atoms with Gasteiger partial charge in [0.15, 0.2) is 0 Å². The number of aliphatic hydroxyl groups is 1. The third kappa shape index (κ3) is 4.65. The lowest BCUT2D eigenvalue weighted by atomic mass is 10.2. The molecule has 1 aromatic carbocycles. The van der Waals surface area contributed by atoms with E-state index in [1.807, 2.05) is 6.92 Å². The van der Waals surface area contributed by atoms with E-state index in [9.17, 15) is 9.18 Å². The highest BCUT2D eigenvalue weighted by Gasteiger charge is 2.09. The Labute approximate surface area is 117 Å². The van der Waals surface area contributed by atoms with Crippen molar-refractivity contribution in [3.05, 3.63) is 40.7 Å². The number of hydrogen-bond acceptors (Lipinski definition) is 2. The molecule has 0 saturated carbocycles. The summed E-state index contributed by atoms with van der Waals surface area (Å²) in [5, 5.41) is 9.02. The first-order chi connectivity index (χ1) is 9.10. The van der Waals surface area contributed by atoms with Crippen LogP contribution in [0.5, 0.6) is 0 Å². The second kappa shape index (κ2) is 7.92. The second-order valence-electron chi connectivity index (χ2n) is 3.96. The second-order valence-corrected chi connectivity index (χ2v) is 4.37. The minimum atomic E-state index is -0.463. The third-order valence-corrected chi connectivity index (χ3v) is 3.00. The van der Waals surface area contributed by atoms with Gasteiger partial charge in [-0.3, -0.25) is 4.79 Å². The highest BCUT2D eigenvalue weighted by atomic mass is 35.5. The summed E-state index contributed by atoms with van der Waals surface area (Å²) in [5.74, 6) is -0.690. The third-order valence-electron chi connectivity index (χ3n) is 2.67. The molecule has 0 heterocycles. The SMILES string of the molecule is CCN(CCCO)C(=O)/C=C/c1c(F)cccc1Cl. The Hall–Kier alpha value is -1.39. The predicted octanol–water partition coefficient (Wildman–Crippen LogP) is 2.72. The van der Waals surface area contributed by atoms with Crippen molar-refractivity contribution in [3.8, 4) is 0 Å². The number of amides is 1. The first-order valence-corrected chi connectivity index (χ1v) is 6.49. The molecule has 19 heavy (non-hydrogen) atoms. The van der Waals surface area contributed by atoms with Crippen LogP contribution in [0.2, 0.25) is 5.02 Å². The van der Waals surface area contributed by atoms with Gasteiger partial charge in [0, 0.05) is 31.3 Å². The van der Waals surface area contributed by atoms with Crippen LogP contribution >= 0.6 is 11.6 Å². The molecule has 0 aliphatic carbocycles. The highest BCUT2D eigenvalue weighted by molar-refractivity contribution is 6.32. The summed E-state index contributed by atoms with van der Waals surface area (Å²) in [5.41, 5.74) is 0.204. The summed E-state index contributed by atoms with van der Waals surface area (Å²) in [6, 6.07) is 4.37. The summed E-state index contributed by atoms with van der Waals surface area (Å²) in [6.07, 6.45) is 3.20. The lowest BCUT2D eigenvalue weighted by Gasteiger charge is -2.18. The average molecular weight is 286 g/mol. The quantitative estimate of drug-likeness (QED) is 0.817. The van der Waals surface area contributed by atoms with Gasteiger partial charge in [-0.15, -0.1) is 0 Å². The molecular formula is C14H17ClFNO2. The fraction of sp³-hybridized carbons (Fsp3) is 0.357. The fourth-order valence-electron chi connectivity index (χ4n) is 1.62. The molecule has 104 valence electrons. The van der Waals surface area contributed by atoms with Crippen molar-refractivity contribution in [2.24, 2.45) is 0 Å². The van der Waals surface area contributed by atoms with Gasteiger partial charge in [0.1, 0.15) is 5.82 Å². The number of benzene rings is 1. The minimum absolute atomic E-state index is 0.0344. The van der Waals surface area contributed by atoms with Crippen LogP contribution in [0.1, 0.15) is 18.9 Å². The lowest BCUT2D eigenvalue weighted by Crippen LogP contribution is -2.30. The van der Waals surface area contributed by atoms with Crippen molar-refractivity contribution in [1.82, 2.24) is 4.90 Å². The van der Waals surface area contributed by atoms with E-state index < -0.39 is 5.82 Å². The zero-order valence-corrected chi connectivity index (χ0v) is 11.5. The Kier molecular flexibility index (Phi) is 6.53. The van der Waals surface area contributed by atoms with Crippen LogP contribution in [-0.2, 0) is 4.79 Å². The number of carbonyl (C=O) groups is 1. The van der Waals surface area contributed by atoms with Gasteiger partial charge in [-0.1, -0.05) is 17.7 Å². The summed E-state index contributed by atoms with van der Waals surface area (Å²) in [7, 11) is 0. The van der Waals surface area contributed by atoms with Gasteiger partial charge >= 0.3 is 0 Å². The molecule has 0 saturated heterocycles. The van der Waals surface area contributed by atoms with E-state index in [-0.39, 0.29) is 23.1 Å². The molecule has 1 rings (SSSR count). The smallest absolute Gasteiger partial charge is 0.246 e. The summed E-state index contributed by atoms with van der Waals surface area (Å²) >= 11 is 5.86. The summed E-state index contributed by atoms with van der Waals surface area (Å²) in [4.78, 5) is 13.4. The number of hydrogen-bond donors (Lipinski definition) is 1. The van der Waals surface area contributed by atoms with Crippen LogP contribution in [0, 0.1) is 5.82 Å². The molecule has 0 atom stereocenters. The molecule has 0 aliphatic heterocycles. The van der Waals surface area contributed by atoms with Gasteiger partial charge in [-0.2, -0.15) is 0 Å². The standard InChI is InChI=1S/C14H17ClFNO2/c1-2-17(9-4-10-18)14(19)8-7-11-12(15)5-3-6-13(11)16/h3,5-8,18H,2,4,9-10H2,1H3/b8-7+. The Morgan fingerprint density at radius 3 is 2.84 bits per heavy atom. The monoisotopic (exact) mass is 285 g/mol. The van der Waals surface area contributed by atoms with Crippen LogP contribution < -0.4 is 0 Å². The number of rotatable bonds is 6. The maximum atomic E-state index is 13.5. The van der Waals surface area contributed by atoms with Crippen molar-refractivity contribution in [2.45, 2.75) is 13.3 Å². The first kappa shape index (κ1) is 15.7. The van der Waals surface area contributed by atoms with Crippen molar-refractivity contribution >= 4 is 23.6 Å². The molecule has 0 aliphatic rings. The Morgan fingerprint density at radius 1 is 1.53 bits per heavy atom. The molecule has 1 aromatic rings. The van der Waals surface area contributed by atoms with Gasteiger partial charge in [0.2, 0.25) is 5.91 Å². The molecule has 5 heteroatoms. The van der Waals surface area contributed by atoms with Crippen LogP contribution in [0.25, 0.3) is 6.08 Å². The molecule has 1 N–H and O–H groups in total. The fourth-order valence-corrected chi connectivity index (χ4v) is 1.84. The molecule has 3 nitrogen and oxygen atoms in total. The van der Waals surface area contributed by atoms with Gasteiger partial charge < -0.3 is 10.0 Å². The largest absolute Gasteiger partial charge is 0.396 e.